The van der Waals surface area contributed by atoms with E-state index in [1.54, 1.807) is 0 Å². The van der Waals surface area contributed by atoms with E-state index in [1.807, 2.05) is 0 Å². The molecule has 54 valence electrons. The summed E-state index contributed by atoms with van der Waals surface area (Å²) in [5.74, 6) is 0. The van der Waals surface area contributed by atoms with Gasteiger partial charge in [0, 0.05) is 10.2 Å². The third kappa shape index (κ3) is 2.45. The predicted octanol–water partition coefficient (Wildman–Crippen LogP) is -3.02. The Morgan fingerprint density at radius 1 is 1.44 bits per heavy atom. The van der Waals surface area contributed by atoms with Crippen molar-refractivity contribution in [3.05, 3.63) is 0 Å². The minimum Gasteiger partial charge on any atom is -0.425 e. The SMILES string of the molecule is CC([SiH3])[SiH]1O[SiH2]O[SiH2]O1. The van der Waals surface area contributed by atoms with Crippen LogP contribution in [0.4, 0.5) is 0 Å². The Morgan fingerprint density at radius 3 is 2.33 bits per heavy atom. The lowest BCUT2D eigenvalue weighted by Gasteiger charge is -2.24. The van der Waals surface area contributed by atoms with Crippen LogP contribution >= 0.6 is 0 Å². The van der Waals surface area contributed by atoms with Crippen LogP contribution in [-0.4, -0.2) is 39.5 Å². The summed E-state index contributed by atoms with van der Waals surface area (Å²) in [5.41, 5.74) is 0. The maximum Gasteiger partial charge on any atom is 0.302 e. The van der Waals surface area contributed by atoms with Crippen LogP contribution in [0.2, 0.25) is 5.16 Å². The molecule has 1 unspecified atom stereocenters. The molecule has 1 heterocycles. The predicted molar refractivity (Wildman–Crippen MR) is 46.9 cm³/mol. The summed E-state index contributed by atoms with van der Waals surface area (Å²) in [7, 11) is -1.05. The lowest BCUT2D eigenvalue weighted by atomic mass is 11.0. The zero-order valence-corrected chi connectivity index (χ0v) is 11.8. The van der Waals surface area contributed by atoms with E-state index in [-0.39, 0.29) is 0 Å². The molecule has 0 aromatic rings. The van der Waals surface area contributed by atoms with E-state index in [0.717, 1.165) is 5.16 Å². The zero-order chi connectivity index (χ0) is 6.69. The van der Waals surface area contributed by atoms with Crippen molar-refractivity contribution >= 4 is 39.5 Å². The van der Waals surface area contributed by atoms with Gasteiger partial charge in [0.05, 0.1) is 0 Å². The fourth-order valence-electron chi connectivity index (χ4n) is 0.697. The highest BCUT2D eigenvalue weighted by Gasteiger charge is 2.20. The van der Waals surface area contributed by atoms with Gasteiger partial charge in [-0.15, -0.1) is 0 Å². The Balaban J connectivity index is 2.23. The first-order chi connectivity index (χ1) is 4.30. The van der Waals surface area contributed by atoms with Gasteiger partial charge >= 0.3 is 9.28 Å². The molecule has 0 radical (unpaired) electrons. The van der Waals surface area contributed by atoms with E-state index in [4.69, 9.17) is 12.3 Å². The van der Waals surface area contributed by atoms with Crippen LogP contribution in [0, 0.1) is 0 Å². The van der Waals surface area contributed by atoms with Gasteiger partial charge in [-0.25, -0.2) is 0 Å². The molecule has 0 aromatic carbocycles. The summed E-state index contributed by atoms with van der Waals surface area (Å²) in [6, 6.07) is 0. The second kappa shape index (κ2) is 3.80. The Bertz CT molecular complexity index is 81.9. The van der Waals surface area contributed by atoms with Gasteiger partial charge in [-0.1, -0.05) is 6.92 Å². The minimum atomic E-state index is -1.14. The molecule has 1 aliphatic rings. The molecular weight excluding hydrogens is 184 g/mol. The molecule has 0 bridgehead atoms. The first kappa shape index (κ1) is 7.85. The number of rotatable bonds is 1. The molecule has 1 aliphatic heterocycles. The first-order valence-electron chi connectivity index (χ1n) is 3.11. The lowest BCUT2D eigenvalue weighted by Crippen LogP contribution is -2.38. The molecule has 1 rings (SSSR count). The molecule has 0 aliphatic carbocycles. The molecule has 0 N–H and O–H groups in total. The molecule has 0 spiro atoms. The summed E-state index contributed by atoms with van der Waals surface area (Å²) < 4.78 is 16.0. The van der Waals surface area contributed by atoms with Gasteiger partial charge in [0.1, 0.15) is 0 Å². The van der Waals surface area contributed by atoms with Crippen molar-refractivity contribution in [2.75, 3.05) is 0 Å². The van der Waals surface area contributed by atoms with E-state index in [0.29, 0.717) is 0 Å². The van der Waals surface area contributed by atoms with E-state index in [2.05, 4.69) is 6.92 Å². The summed E-state index contributed by atoms with van der Waals surface area (Å²) in [6.45, 7) is 2.22. The quantitative estimate of drug-likeness (QED) is 0.418. The molecule has 1 fully saturated rings. The molecule has 0 amide bonds. The largest absolute Gasteiger partial charge is 0.425 e. The van der Waals surface area contributed by atoms with Gasteiger partial charge < -0.3 is 12.3 Å². The highest BCUT2D eigenvalue weighted by Crippen LogP contribution is 2.07. The van der Waals surface area contributed by atoms with Crippen molar-refractivity contribution in [2.24, 2.45) is 0 Å². The summed E-state index contributed by atoms with van der Waals surface area (Å²) in [4.78, 5) is 0. The molecule has 1 saturated heterocycles. The monoisotopic (exact) mass is 196 g/mol. The Labute approximate surface area is 64.5 Å². The topological polar surface area (TPSA) is 27.7 Å². The van der Waals surface area contributed by atoms with Gasteiger partial charge in [-0.3, -0.25) is 0 Å². The van der Waals surface area contributed by atoms with Gasteiger partial charge in [0.2, 0.25) is 0 Å². The average Bonchev–Trinajstić information content (AvgIpc) is 1.90. The molecule has 1 atom stereocenters. The molecular formula is C2H12O3Si4. The Kier molecular flexibility index (Phi) is 3.32. The van der Waals surface area contributed by atoms with Gasteiger partial charge in [0.25, 0.3) is 20.0 Å². The standard InChI is InChI=1S/C2H12O3Si4/c1-2(6)9-4-7-3-8-5-9/h2,9H,7-8H2,1,6H3. The van der Waals surface area contributed by atoms with Crippen molar-refractivity contribution in [3.8, 4) is 0 Å². The molecule has 7 heteroatoms. The zero-order valence-electron chi connectivity index (χ0n) is 5.79. The first-order valence-corrected chi connectivity index (χ1v) is 8.19. The van der Waals surface area contributed by atoms with E-state index < -0.39 is 29.3 Å². The Morgan fingerprint density at radius 2 is 2.00 bits per heavy atom. The van der Waals surface area contributed by atoms with Crippen LogP contribution in [0.5, 0.6) is 0 Å². The molecule has 0 aromatic heterocycles. The lowest BCUT2D eigenvalue weighted by molar-refractivity contribution is 0.321. The van der Waals surface area contributed by atoms with Crippen molar-refractivity contribution in [1.82, 2.24) is 0 Å². The van der Waals surface area contributed by atoms with E-state index in [1.165, 1.54) is 10.2 Å². The van der Waals surface area contributed by atoms with Crippen LogP contribution in [0.3, 0.4) is 0 Å². The molecule has 9 heavy (non-hydrogen) atoms. The van der Waals surface area contributed by atoms with Crippen LogP contribution in [0.1, 0.15) is 6.92 Å². The highest BCUT2D eigenvalue weighted by atomic mass is 28.4. The second-order valence-electron chi connectivity index (χ2n) is 2.39. The van der Waals surface area contributed by atoms with E-state index >= 15 is 0 Å². The molecule has 3 nitrogen and oxygen atoms in total. The maximum atomic E-state index is 5.44. The minimum absolute atomic E-state index is 0.561. The number of hydrogen-bond donors (Lipinski definition) is 0. The van der Waals surface area contributed by atoms with Crippen LogP contribution in [0.15, 0.2) is 0 Å². The van der Waals surface area contributed by atoms with Gasteiger partial charge in [-0.05, 0) is 5.16 Å². The van der Waals surface area contributed by atoms with Gasteiger partial charge in [0.15, 0.2) is 0 Å². The Hall–Kier alpha value is 0.748. The van der Waals surface area contributed by atoms with Crippen molar-refractivity contribution in [1.29, 1.82) is 0 Å². The number of hydrogen-bond acceptors (Lipinski definition) is 3. The summed E-state index contributed by atoms with van der Waals surface area (Å²) >= 11 is 0. The average molecular weight is 196 g/mol. The van der Waals surface area contributed by atoms with Gasteiger partial charge in [-0.2, -0.15) is 0 Å². The van der Waals surface area contributed by atoms with Crippen LogP contribution < -0.4 is 0 Å². The third-order valence-corrected chi connectivity index (χ3v) is 8.95. The smallest absolute Gasteiger partial charge is 0.302 e. The second-order valence-corrected chi connectivity index (χ2v) is 12.4. The van der Waals surface area contributed by atoms with E-state index in [9.17, 15) is 0 Å². The summed E-state index contributed by atoms with van der Waals surface area (Å²) in [5, 5.41) is 0.758. The fraction of sp³-hybridized carbons (Fsp3) is 1.00. The van der Waals surface area contributed by atoms with Crippen LogP contribution in [-0.2, 0) is 12.3 Å². The van der Waals surface area contributed by atoms with Crippen molar-refractivity contribution in [2.45, 2.75) is 12.1 Å². The highest BCUT2D eigenvalue weighted by molar-refractivity contribution is 6.67. The normalized spacial score (nSPS) is 37.7. The third-order valence-electron chi connectivity index (χ3n) is 1.18. The fourth-order valence-corrected chi connectivity index (χ4v) is 12.3. The van der Waals surface area contributed by atoms with Crippen molar-refractivity contribution in [3.63, 3.8) is 0 Å². The van der Waals surface area contributed by atoms with Crippen LogP contribution in [0.25, 0.3) is 0 Å². The summed E-state index contributed by atoms with van der Waals surface area (Å²) in [6.07, 6.45) is 0. The van der Waals surface area contributed by atoms with Crippen molar-refractivity contribution < 1.29 is 12.3 Å². The molecule has 0 saturated carbocycles. The maximum absolute atomic E-state index is 5.44.